The number of rotatable bonds is 10. The Labute approximate surface area is 255 Å². The highest BCUT2D eigenvalue weighted by Gasteiger charge is 2.29. The Kier molecular flexibility index (Phi) is 13.3. The van der Waals surface area contributed by atoms with Crippen LogP contribution in [0.4, 0.5) is 11.4 Å². The molecule has 0 bridgehead atoms. The molecule has 41 heavy (non-hydrogen) atoms. The molecule has 0 saturated heterocycles. The lowest BCUT2D eigenvalue weighted by Gasteiger charge is -2.28. The van der Waals surface area contributed by atoms with E-state index in [0.29, 0.717) is 34.5 Å². The Morgan fingerprint density at radius 1 is 1.07 bits per heavy atom. The maximum Gasteiger partial charge on any atom is 0.311 e. The standard InChI is InChI=1S/C28H30ClN5O5.2ClH/c29-21-8-9-25(34(37)38)26(16-21)39-23-3-1-2-19(14-23)15-24(28(36)32-22-10-12-31-13-11-22)33-27(35)20-6-4-18(17-30)5-7-20;;/h1-3,8-14,16,18,20,24H,4-7,15,17,30H2,(H,33,35)(H,31,32,36);2*1H/t18-,20-,24?;;. The summed E-state index contributed by atoms with van der Waals surface area (Å²) in [6.45, 7) is 0.613. The molecule has 10 nitrogen and oxygen atoms in total. The average Bonchev–Trinajstić information content (AvgIpc) is 2.93. The minimum absolute atomic E-state index is 0. The molecule has 0 aliphatic heterocycles. The third kappa shape index (κ3) is 9.57. The molecule has 3 aromatic rings. The minimum Gasteiger partial charge on any atom is -0.450 e. The summed E-state index contributed by atoms with van der Waals surface area (Å²) < 4.78 is 5.80. The van der Waals surface area contributed by atoms with Gasteiger partial charge in [0.2, 0.25) is 17.6 Å². The maximum absolute atomic E-state index is 13.3. The van der Waals surface area contributed by atoms with Gasteiger partial charge in [-0.2, -0.15) is 0 Å². The van der Waals surface area contributed by atoms with Crippen molar-refractivity contribution < 1.29 is 19.2 Å². The largest absolute Gasteiger partial charge is 0.450 e. The highest BCUT2D eigenvalue weighted by atomic mass is 35.5. The van der Waals surface area contributed by atoms with Gasteiger partial charge < -0.3 is 21.1 Å². The molecular formula is C28H32Cl3N5O5. The molecule has 4 rings (SSSR count). The second-order valence-corrected chi connectivity index (χ2v) is 10.00. The fourth-order valence-electron chi connectivity index (χ4n) is 4.64. The van der Waals surface area contributed by atoms with Crippen molar-refractivity contribution >= 4 is 59.6 Å². The number of carbonyl (C=O) groups excluding carboxylic acids is 2. The fraction of sp³-hybridized carbons (Fsp3) is 0.321. The van der Waals surface area contributed by atoms with Gasteiger partial charge in [0.15, 0.2) is 0 Å². The number of carbonyl (C=O) groups is 2. The summed E-state index contributed by atoms with van der Waals surface area (Å²) in [5, 5.41) is 17.5. The number of nitrogens with one attached hydrogen (secondary N) is 2. The molecular weight excluding hydrogens is 593 g/mol. The third-order valence-corrected chi connectivity index (χ3v) is 7.05. The summed E-state index contributed by atoms with van der Waals surface area (Å²) >= 11 is 6.02. The SMILES string of the molecule is Cl.Cl.NC[C@H]1CC[C@H](C(=O)NC(Cc2cccc(Oc3cc(Cl)ccc3[N+](=O)[O-])c2)C(=O)Nc2ccncc2)CC1. The van der Waals surface area contributed by atoms with Gasteiger partial charge in [0.05, 0.1) is 4.92 Å². The first-order valence-electron chi connectivity index (χ1n) is 12.7. The van der Waals surface area contributed by atoms with Crippen LogP contribution < -0.4 is 21.1 Å². The monoisotopic (exact) mass is 623 g/mol. The van der Waals surface area contributed by atoms with Crippen LogP contribution >= 0.6 is 36.4 Å². The summed E-state index contributed by atoms with van der Waals surface area (Å²) in [4.78, 5) is 41.3. The first-order chi connectivity index (χ1) is 18.8. The van der Waals surface area contributed by atoms with Crippen molar-refractivity contribution in [3.05, 3.63) is 87.7 Å². The number of anilines is 1. The average molecular weight is 625 g/mol. The molecule has 0 spiro atoms. The summed E-state index contributed by atoms with van der Waals surface area (Å²) in [6.07, 6.45) is 6.54. The second-order valence-electron chi connectivity index (χ2n) is 9.56. The smallest absolute Gasteiger partial charge is 0.311 e. The van der Waals surface area contributed by atoms with Gasteiger partial charge in [-0.3, -0.25) is 24.7 Å². The molecule has 1 aliphatic rings. The number of nitro benzene ring substituents is 1. The number of ether oxygens (including phenoxy) is 1. The van der Waals surface area contributed by atoms with E-state index in [-0.39, 0.29) is 60.4 Å². The van der Waals surface area contributed by atoms with E-state index in [1.165, 1.54) is 18.2 Å². The van der Waals surface area contributed by atoms with Crippen LogP contribution in [0.15, 0.2) is 67.0 Å². The van der Waals surface area contributed by atoms with Gasteiger partial charge in [0.1, 0.15) is 11.8 Å². The Morgan fingerprint density at radius 3 is 2.44 bits per heavy atom. The number of hydrogen-bond acceptors (Lipinski definition) is 7. The number of aromatic nitrogens is 1. The summed E-state index contributed by atoms with van der Waals surface area (Å²) in [7, 11) is 0. The zero-order valence-corrected chi connectivity index (χ0v) is 24.4. The Bertz CT molecular complexity index is 1320. The number of benzene rings is 2. The van der Waals surface area contributed by atoms with E-state index in [9.17, 15) is 19.7 Å². The van der Waals surface area contributed by atoms with Gasteiger partial charge >= 0.3 is 5.69 Å². The van der Waals surface area contributed by atoms with Crippen LogP contribution in [0.25, 0.3) is 0 Å². The van der Waals surface area contributed by atoms with E-state index < -0.39 is 11.0 Å². The number of nitrogens with two attached hydrogens (primary N) is 1. The molecule has 1 saturated carbocycles. The molecule has 1 atom stereocenters. The third-order valence-electron chi connectivity index (χ3n) is 6.82. The van der Waals surface area contributed by atoms with Crippen molar-refractivity contribution in [2.75, 3.05) is 11.9 Å². The van der Waals surface area contributed by atoms with Crippen LogP contribution in [0.2, 0.25) is 5.02 Å². The molecule has 1 fully saturated rings. The predicted molar refractivity (Wildman–Crippen MR) is 162 cm³/mol. The summed E-state index contributed by atoms with van der Waals surface area (Å²) in [5.74, 6) is 0.0416. The molecule has 1 aliphatic carbocycles. The lowest BCUT2D eigenvalue weighted by molar-refractivity contribution is -0.385. The van der Waals surface area contributed by atoms with Crippen molar-refractivity contribution in [3.8, 4) is 11.5 Å². The van der Waals surface area contributed by atoms with Crippen molar-refractivity contribution in [2.24, 2.45) is 17.6 Å². The van der Waals surface area contributed by atoms with Gasteiger partial charge in [0.25, 0.3) is 0 Å². The van der Waals surface area contributed by atoms with Crippen molar-refractivity contribution in [1.29, 1.82) is 0 Å². The predicted octanol–water partition coefficient (Wildman–Crippen LogP) is 5.71. The van der Waals surface area contributed by atoms with Gasteiger partial charge in [-0.25, -0.2) is 0 Å². The molecule has 4 N–H and O–H groups in total. The number of amides is 2. The number of halogens is 3. The molecule has 220 valence electrons. The maximum atomic E-state index is 13.3. The molecule has 2 amide bonds. The first-order valence-corrected chi connectivity index (χ1v) is 13.1. The lowest BCUT2D eigenvalue weighted by atomic mass is 9.81. The zero-order chi connectivity index (χ0) is 27.8. The highest BCUT2D eigenvalue weighted by molar-refractivity contribution is 6.30. The molecule has 13 heteroatoms. The summed E-state index contributed by atoms with van der Waals surface area (Å²) in [5.41, 5.74) is 6.81. The Morgan fingerprint density at radius 2 is 1.78 bits per heavy atom. The molecule has 2 aromatic carbocycles. The van der Waals surface area contributed by atoms with Crippen LogP contribution in [0, 0.1) is 22.0 Å². The van der Waals surface area contributed by atoms with Gasteiger partial charge in [-0.15, -0.1) is 24.8 Å². The summed E-state index contributed by atoms with van der Waals surface area (Å²) in [6, 6.07) is 13.4. The Hall–Kier alpha value is -3.44. The van der Waals surface area contributed by atoms with Crippen LogP contribution in [-0.2, 0) is 16.0 Å². The van der Waals surface area contributed by atoms with E-state index in [1.807, 2.05) is 0 Å². The normalized spacial score (nSPS) is 16.7. The Balaban J connectivity index is 0.00000294. The molecule has 1 aromatic heterocycles. The van der Waals surface area contributed by atoms with Crippen molar-refractivity contribution in [2.45, 2.75) is 38.1 Å². The highest BCUT2D eigenvalue weighted by Crippen LogP contribution is 2.34. The molecule has 1 heterocycles. The number of pyridine rings is 1. The van der Waals surface area contributed by atoms with Crippen LogP contribution in [-0.4, -0.2) is 34.3 Å². The first kappa shape index (κ1) is 33.8. The second kappa shape index (κ2) is 16.1. The van der Waals surface area contributed by atoms with Crippen LogP contribution in [0.5, 0.6) is 11.5 Å². The van der Waals surface area contributed by atoms with E-state index in [4.69, 9.17) is 22.1 Å². The van der Waals surface area contributed by atoms with Crippen LogP contribution in [0.3, 0.4) is 0 Å². The van der Waals surface area contributed by atoms with Gasteiger partial charge in [-0.05, 0) is 74.0 Å². The topological polar surface area (TPSA) is 149 Å². The molecule has 1 unspecified atom stereocenters. The van der Waals surface area contributed by atoms with Crippen molar-refractivity contribution in [1.82, 2.24) is 10.3 Å². The van der Waals surface area contributed by atoms with Crippen molar-refractivity contribution in [3.63, 3.8) is 0 Å². The van der Waals surface area contributed by atoms with E-state index >= 15 is 0 Å². The fourth-order valence-corrected chi connectivity index (χ4v) is 4.81. The van der Waals surface area contributed by atoms with E-state index in [1.54, 1.807) is 48.8 Å². The minimum atomic E-state index is -0.867. The zero-order valence-electron chi connectivity index (χ0n) is 22.0. The van der Waals surface area contributed by atoms with Gasteiger partial charge in [0, 0.05) is 47.6 Å². The van der Waals surface area contributed by atoms with Crippen LogP contribution in [0.1, 0.15) is 31.2 Å². The number of nitrogens with zero attached hydrogens (tertiary/aromatic N) is 2. The quantitative estimate of drug-likeness (QED) is 0.193. The number of nitro groups is 1. The van der Waals surface area contributed by atoms with E-state index in [0.717, 1.165) is 25.7 Å². The van der Waals surface area contributed by atoms with E-state index in [2.05, 4.69) is 15.6 Å². The number of hydrogen-bond donors (Lipinski definition) is 3. The lowest BCUT2D eigenvalue weighted by Crippen LogP contribution is -2.48. The molecule has 0 radical (unpaired) electrons. The van der Waals surface area contributed by atoms with Gasteiger partial charge in [-0.1, -0.05) is 23.7 Å².